The van der Waals surface area contributed by atoms with E-state index in [1.807, 2.05) is 13.8 Å². The van der Waals surface area contributed by atoms with Gasteiger partial charge in [-0.3, -0.25) is 4.79 Å². The summed E-state index contributed by atoms with van der Waals surface area (Å²) >= 11 is 0. The van der Waals surface area contributed by atoms with Crippen molar-refractivity contribution in [3.8, 4) is 5.75 Å². The molecule has 0 radical (unpaired) electrons. The summed E-state index contributed by atoms with van der Waals surface area (Å²) in [5.41, 5.74) is 0.374. The van der Waals surface area contributed by atoms with Crippen LogP contribution in [0.2, 0.25) is 0 Å². The SMILES string of the molecule is CC.CC(=O)c1c(F)ccc(OCCCCCc2ccc(C(C)(F)F)cc2)c1F. The Morgan fingerprint density at radius 3 is 2.14 bits per heavy atom. The second kappa shape index (κ2) is 11.6. The first-order valence-electron chi connectivity index (χ1n) is 9.79. The van der Waals surface area contributed by atoms with Gasteiger partial charge in [0, 0.05) is 12.5 Å². The Labute approximate surface area is 169 Å². The van der Waals surface area contributed by atoms with Gasteiger partial charge in [0.05, 0.1) is 12.2 Å². The van der Waals surface area contributed by atoms with Gasteiger partial charge in [-0.2, -0.15) is 0 Å². The second-order valence-corrected chi connectivity index (χ2v) is 6.54. The lowest BCUT2D eigenvalue weighted by atomic mass is 10.0. The monoisotopic (exact) mass is 412 g/mol. The van der Waals surface area contributed by atoms with Gasteiger partial charge in [-0.25, -0.2) is 17.6 Å². The molecule has 0 atom stereocenters. The van der Waals surface area contributed by atoms with Crippen molar-refractivity contribution in [1.29, 1.82) is 0 Å². The lowest BCUT2D eigenvalue weighted by molar-refractivity contribution is 0.0174. The third kappa shape index (κ3) is 7.52. The molecule has 29 heavy (non-hydrogen) atoms. The number of hydrogen-bond donors (Lipinski definition) is 0. The van der Waals surface area contributed by atoms with Gasteiger partial charge in [-0.15, -0.1) is 0 Å². The van der Waals surface area contributed by atoms with Crippen LogP contribution in [-0.4, -0.2) is 12.4 Å². The van der Waals surface area contributed by atoms with E-state index < -0.39 is 28.9 Å². The number of halogens is 4. The number of alkyl halides is 2. The summed E-state index contributed by atoms with van der Waals surface area (Å²) in [5.74, 6) is -5.55. The van der Waals surface area contributed by atoms with Gasteiger partial charge in [-0.05, 0) is 50.3 Å². The molecule has 160 valence electrons. The van der Waals surface area contributed by atoms with Crippen LogP contribution in [0.4, 0.5) is 17.6 Å². The molecule has 0 N–H and O–H groups in total. The maximum atomic E-state index is 14.1. The number of ketones is 1. The standard InChI is InChI=1S/C21H22F4O2.C2H6/c1-14(26)19-17(22)11-12-18(20(19)23)27-13-5-3-4-6-15-7-9-16(10-8-15)21(2,24)25;1-2/h7-12H,3-6,13H2,1-2H3;1-2H3. The molecule has 0 unspecified atom stereocenters. The number of carbonyl (C=O) groups is 1. The number of unbranched alkanes of at least 4 members (excludes halogenated alkanes) is 2. The Hall–Kier alpha value is -2.37. The highest BCUT2D eigenvalue weighted by molar-refractivity contribution is 5.95. The lowest BCUT2D eigenvalue weighted by Crippen LogP contribution is -2.06. The minimum Gasteiger partial charge on any atom is -0.490 e. The molecule has 0 saturated carbocycles. The maximum absolute atomic E-state index is 14.1. The molecule has 0 aliphatic rings. The Morgan fingerprint density at radius 2 is 1.59 bits per heavy atom. The van der Waals surface area contributed by atoms with Gasteiger partial charge in [0.2, 0.25) is 0 Å². The van der Waals surface area contributed by atoms with Crippen LogP contribution in [-0.2, 0) is 12.3 Å². The summed E-state index contributed by atoms with van der Waals surface area (Å²) in [4.78, 5) is 11.3. The average molecular weight is 412 g/mol. The summed E-state index contributed by atoms with van der Waals surface area (Å²) in [6.45, 7) is 6.20. The summed E-state index contributed by atoms with van der Waals surface area (Å²) < 4.78 is 59.1. The molecule has 0 aliphatic heterocycles. The normalized spacial score (nSPS) is 10.9. The van der Waals surface area contributed by atoms with E-state index in [0.717, 1.165) is 44.7 Å². The molecule has 6 heteroatoms. The fraction of sp³-hybridized carbons (Fsp3) is 0.435. The quantitative estimate of drug-likeness (QED) is 0.249. The van der Waals surface area contributed by atoms with Gasteiger partial charge < -0.3 is 4.74 Å². The molecule has 2 aromatic carbocycles. The molecule has 0 heterocycles. The van der Waals surface area contributed by atoms with Crippen molar-refractivity contribution < 1.29 is 27.1 Å². The third-order valence-electron chi connectivity index (χ3n) is 4.24. The van der Waals surface area contributed by atoms with E-state index in [0.29, 0.717) is 6.42 Å². The highest BCUT2D eigenvalue weighted by atomic mass is 19.3. The van der Waals surface area contributed by atoms with Crippen LogP contribution in [0.25, 0.3) is 0 Å². The van der Waals surface area contributed by atoms with Crippen LogP contribution < -0.4 is 4.74 Å². The van der Waals surface area contributed by atoms with Crippen LogP contribution in [0, 0.1) is 11.6 Å². The predicted octanol–water partition coefficient (Wildman–Crippen LogP) is 7.10. The summed E-state index contributed by atoms with van der Waals surface area (Å²) in [6.07, 6.45) is 3.02. The molecule has 0 fully saturated rings. The van der Waals surface area contributed by atoms with Gasteiger partial charge in [0.1, 0.15) is 5.82 Å². The second-order valence-electron chi connectivity index (χ2n) is 6.54. The molecule has 0 amide bonds. The molecule has 2 aromatic rings. The number of hydrogen-bond acceptors (Lipinski definition) is 2. The van der Waals surface area contributed by atoms with Crippen LogP contribution >= 0.6 is 0 Å². The van der Waals surface area contributed by atoms with Crippen LogP contribution in [0.5, 0.6) is 5.75 Å². The van der Waals surface area contributed by atoms with Crippen molar-refractivity contribution in [2.75, 3.05) is 6.61 Å². The van der Waals surface area contributed by atoms with Crippen molar-refractivity contribution in [1.82, 2.24) is 0 Å². The lowest BCUT2D eigenvalue weighted by Gasteiger charge is -2.11. The number of carbonyl (C=O) groups excluding carboxylic acids is 1. The van der Waals surface area contributed by atoms with E-state index in [2.05, 4.69) is 0 Å². The van der Waals surface area contributed by atoms with E-state index in [4.69, 9.17) is 4.74 Å². The fourth-order valence-electron chi connectivity index (χ4n) is 2.72. The predicted molar refractivity (Wildman–Crippen MR) is 107 cm³/mol. The zero-order valence-electron chi connectivity index (χ0n) is 17.3. The minimum atomic E-state index is -2.84. The molecule has 0 aliphatic carbocycles. The molecule has 0 saturated heterocycles. The maximum Gasteiger partial charge on any atom is 0.270 e. The molecule has 0 aromatic heterocycles. The van der Waals surface area contributed by atoms with E-state index in [1.165, 1.54) is 18.2 Å². The third-order valence-corrected chi connectivity index (χ3v) is 4.24. The molecule has 2 rings (SSSR count). The molecule has 2 nitrogen and oxygen atoms in total. The van der Waals surface area contributed by atoms with E-state index in [9.17, 15) is 22.4 Å². The molecule has 0 spiro atoms. The smallest absolute Gasteiger partial charge is 0.270 e. The van der Waals surface area contributed by atoms with Crippen molar-refractivity contribution in [2.45, 2.75) is 59.3 Å². The Morgan fingerprint density at radius 1 is 0.966 bits per heavy atom. The van der Waals surface area contributed by atoms with Gasteiger partial charge in [0.15, 0.2) is 17.3 Å². The molecular formula is C23H28F4O2. The largest absolute Gasteiger partial charge is 0.490 e. The number of rotatable bonds is 9. The van der Waals surface area contributed by atoms with Crippen molar-refractivity contribution >= 4 is 5.78 Å². The Kier molecular flexibility index (Phi) is 9.86. The first-order chi connectivity index (χ1) is 13.7. The van der Waals surface area contributed by atoms with Crippen LogP contribution in [0.15, 0.2) is 36.4 Å². The van der Waals surface area contributed by atoms with Gasteiger partial charge in [0.25, 0.3) is 5.92 Å². The Bertz CT molecular complexity index is 781. The van der Waals surface area contributed by atoms with E-state index in [-0.39, 0.29) is 17.9 Å². The van der Waals surface area contributed by atoms with Crippen LogP contribution in [0.3, 0.4) is 0 Å². The number of benzene rings is 2. The highest BCUT2D eigenvalue weighted by Crippen LogP contribution is 2.27. The van der Waals surface area contributed by atoms with Crippen molar-refractivity contribution in [3.05, 3.63) is 64.7 Å². The number of Topliss-reactive ketones (excluding diaryl/α,β-unsaturated/α-hetero) is 1. The topological polar surface area (TPSA) is 26.3 Å². The first kappa shape index (κ1) is 24.7. The summed E-state index contributed by atoms with van der Waals surface area (Å²) in [6, 6.07) is 8.44. The molecular weight excluding hydrogens is 384 g/mol. The van der Waals surface area contributed by atoms with Crippen molar-refractivity contribution in [3.63, 3.8) is 0 Å². The minimum absolute atomic E-state index is 0.00842. The summed E-state index contributed by atoms with van der Waals surface area (Å²) in [5, 5.41) is 0. The zero-order chi connectivity index (χ0) is 22.0. The summed E-state index contributed by atoms with van der Waals surface area (Å²) in [7, 11) is 0. The van der Waals surface area contributed by atoms with Gasteiger partial charge >= 0.3 is 0 Å². The fourth-order valence-corrected chi connectivity index (χ4v) is 2.72. The highest BCUT2D eigenvalue weighted by Gasteiger charge is 2.23. The number of ether oxygens (including phenoxy) is 1. The average Bonchev–Trinajstić information content (AvgIpc) is 2.67. The number of aryl methyl sites for hydroxylation is 1. The zero-order valence-corrected chi connectivity index (χ0v) is 17.3. The Balaban J connectivity index is 0.00000204. The van der Waals surface area contributed by atoms with Crippen molar-refractivity contribution in [2.24, 2.45) is 0 Å². The van der Waals surface area contributed by atoms with E-state index in [1.54, 1.807) is 12.1 Å². The molecule has 0 bridgehead atoms. The van der Waals surface area contributed by atoms with E-state index >= 15 is 0 Å². The van der Waals surface area contributed by atoms with Crippen LogP contribution in [0.1, 0.15) is 68.4 Å². The van der Waals surface area contributed by atoms with Gasteiger partial charge in [-0.1, -0.05) is 38.1 Å². The first-order valence-corrected chi connectivity index (χ1v) is 9.79.